The Morgan fingerprint density at radius 1 is 1.33 bits per heavy atom. The molecule has 0 saturated carbocycles. The second-order valence-corrected chi connectivity index (χ2v) is 4.50. The van der Waals surface area contributed by atoms with Crippen LogP contribution in [0, 0.1) is 5.41 Å². The summed E-state index contributed by atoms with van der Waals surface area (Å²) in [5.41, 5.74) is -0.780. The maximum Gasteiger partial charge on any atom is 0.433 e. The van der Waals surface area contributed by atoms with Gasteiger partial charge in [0.15, 0.2) is 0 Å². The van der Waals surface area contributed by atoms with Gasteiger partial charge in [-0.2, -0.15) is 13.2 Å². The van der Waals surface area contributed by atoms with Gasteiger partial charge in [0, 0.05) is 30.6 Å². The van der Waals surface area contributed by atoms with Crippen LogP contribution in [0.25, 0.3) is 16.6 Å². The second kappa shape index (κ2) is 5.69. The van der Waals surface area contributed by atoms with Gasteiger partial charge in [-0.05, 0) is 18.2 Å². The van der Waals surface area contributed by atoms with Crippen LogP contribution in [-0.4, -0.2) is 28.9 Å². The van der Waals surface area contributed by atoms with E-state index in [0.717, 1.165) is 6.20 Å². The monoisotopic (exact) mass is 314 g/mol. The van der Waals surface area contributed by atoms with Crippen molar-refractivity contribution in [1.82, 2.24) is 15.3 Å². The lowest BCUT2D eigenvalue weighted by molar-refractivity contribution is -0.0578. The van der Waals surface area contributed by atoms with Crippen molar-refractivity contribution in [2.75, 3.05) is 7.05 Å². The number of rotatable bonds is 3. The largest absolute Gasteiger partial charge is 0.433 e. The van der Waals surface area contributed by atoms with E-state index in [-0.39, 0.29) is 16.3 Å². The fourth-order valence-electron chi connectivity index (χ4n) is 1.73. The van der Waals surface area contributed by atoms with E-state index >= 15 is 0 Å². The number of halogens is 4. The normalized spacial score (nSPS) is 12.5. The molecule has 4 nitrogen and oxygen atoms in total. The van der Waals surface area contributed by atoms with Crippen molar-refractivity contribution in [3.8, 4) is 0 Å². The average molecular weight is 315 g/mol. The highest BCUT2D eigenvalue weighted by atomic mass is 35.5. The Morgan fingerprint density at radius 3 is 2.67 bits per heavy atom. The standard InChI is InChI=1S/C13H10ClF3N4/c1-19-6-8(12(18)13(15,16)17)7-4-10-9(20-5-7)2-3-11(14)21-10/h2-6,18-19H,1H3/b8-6-,18-12?. The first-order valence-electron chi connectivity index (χ1n) is 5.79. The maximum absolute atomic E-state index is 12.7. The highest BCUT2D eigenvalue weighted by Crippen LogP contribution is 2.28. The van der Waals surface area contributed by atoms with Gasteiger partial charge in [-0.1, -0.05) is 11.6 Å². The minimum Gasteiger partial charge on any atom is -0.393 e. The number of fused-ring (bicyclic) bond motifs is 1. The third-order valence-electron chi connectivity index (χ3n) is 2.66. The topological polar surface area (TPSA) is 61.7 Å². The summed E-state index contributed by atoms with van der Waals surface area (Å²) in [6.45, 7) is 0. The van der Waals surface area contributed by atoms with Crippen LogP contribution in [0.3, 0.4) is 0 Å². The molecule has 0 bridgehead atoms. The second-order valence-electron chi connectivity index (χ2n) is 4.12. The van der Waals surface area contributed by atoms with Crippen LogP contribution < -0.4 is 5.32 Å². The third kappa shape index (κ3) is 3.30. The number of allylic oxidation sites excluding steroid dienone is 1. The molecule has 0 unspecified atom stereocenters. The van der Waals surface area contributed by atoms with Gasteiger partial charge in [0.1, 0.15) is 10.9 Å². The fraction of sp³-hybridized carbons (Fsp3) is 0.154. The van der Waals surface area contributed by atoms with Crippen molar-refractivity contribution in [2.24, 2.45) is 0 Å². The molecule has 0 aliphatic heterocycles. The number of pyridine rings is 2. The Labute approximate surface area is 123 Å². The van der Waals surface area contributed by atoms with Gasteiger partial charge in [-0.3, -0.25) is 10.4 Å². The molecule has 0 amide bonds. The fourth-order valence-corrected chi connectivity index (χ4v) is 1.88. The Bertz CT molecular complexity index is 725. The van der Waals surface area contributed by atoms with Crippen LogP contribution in [0.15, 0.2) is 30.6 Å². The van der Waals surface area contributed by atoms with Crippen molar-refractivity contribution in [3.05, 3.63) is 41.3 Å². The Morgan fingerprint density at radius 2 is 2.05 bits per heavy atom. The highest BCUT2D eigenvalue weighted by molar-refractivity contribution is 6.29. The van der Waals surface area contributed by atoms with Crippen LogP contribution >= 0.6 is 11.6 Å². The number of nitrogens with zero attached hydrogens (tertiary/aromatic N) is 2. The molecular formula is C13H10ClF3N4. The molecule has 21 heavy (non-hydrogen) atoms. The van der Waals surface area contributed by atoms with Crippen LogP contribution in [0.1, 0.15) is 5.56 Å². The summed E-state index contributed by atoms with van der Waals surface area (Å²) in [5, 5.41) is 10.00. The van der Waals surface area contributed by atoms with E-state index in [1.165, 1.54) is 19.3 Å². The van der Waals surface area contributed by atoms with Crippen molar-refractivity contribution < 1.29 is 13.2 Å². The van der Waals surface area contributed by atoms with E-state index in [0.29, 0.717) is 11.0 Å². The quantitative estimate of drug-likeness (QED) is 0.674. The molecule has 0 radical (unpaired) electrons. The zero-order valence-electron chi connectivity index (χ0n) is 10.8. The van der Waals surface area contributed by atoms with Gasteiger partial charge in [0.25, 0.3) is 0 Å². The van der Waals surface area contributed by atoms with Gasteiger partial charge in [-0.15, -0.1) is 0 Å². The molecule has 0 atom stereocenters. The number of nitrogens with one attached hydrogen (secondary N) is 2. The van der Waals surface area contributed by atoms with Crippen molar-refractivity contribution in [1.29, 1.82) is 5.41 Å². The van der Waals surface area contributed by atoms with Crippen molar-refractivity contribution in [3.63, 3.8) is 0 Å². The predicted octanol–water partition coefficient (Wildman–Crippen LogP) is 3.43. The van der Waals surface area contributed by atoms with E-state index in [1.54, 1.807) is 12.1 Å². The Balaban J connectivity index is 2.56. The summed E-state index contributed by atoms with van der Waals surface area (Å²) in [4.78, 5) is 8.04. The van der Waals surface area contributed by atoms with E-state index in [4.69, 9.17) is 17.0 Å². The van der Waals surface area contributed by atoms with Crippen molar-refractivity contribution >= 4 is 33.9 Å². The molecule has 0 aromatic carbocycles. The lowest BCUT2D eigenvalue weighted by Gasteiger charge is -2.13. The molecule has 2 aromatic heterocycles. The molecule has 0 fully saturated rings. The summed E-state index contributed by atoms with van der Waals surface area (Å²) in [6, 6.07) is 4.57. The molecule has 0 spiro atoms. The minimum atomic E-state index is -4.75. The molecule has 2 N–H and O–H groups in total. The van der Waals surface area contributed by atoms with E-state index in [9.17, 15) is 13.2 Å². The van der Waals surface area contributed by atoms with E-state index < -0.39 is 11.9 Å². The zero-order valence-corrected chi connectivity index (χ0v) is 11.5. The maximum atomic E-state index is 12.7. The summed E-state index contributed by atoms with van der Waals surface area (Å²) in [7, 11) is 1.45. The van der Waals surface area contributed by atoms with Crippen LogP contribution in [-0.2, 0) is 0 Å². The molecule has 2 heterocycles. The molecule has 2 aromatic rings. The first-order valence-corrected chi connectivity index (χ1v) is 6.17. The van der Waals surface area contributed by atoms with Gasteiger partial charge < -0.3 is 5.32 Å². The minimum absolute atomic E-state index is 0.133. The van der Waals surface area contributed by atoms with Gasteiger partial charge in [-0.25, -0.2) is 4.98 Å². The van der Waals surface area contributed by atoms with Crippen molar-refractivity contribution in [2.45, 2.75) is 6.18 Å². The number of hydrogen-bond acceptors (Lipinski definition) is 4. The zero-order chi connectivity index (χ0) is 15.6. The van der Waals surface area contributed by atoms with Gasteiger partial charge in [0.2, 0.25) is 0 Å². The van der Waals surface area contributed by atoms with E-state index in [1.807, 2.05) is 0 Å². The number of aromatic nitrogens is 2. The summed E-state index contributed by atoms with van der Waals surface area (Å²) < 4.78 is 38.2. The Hall–Kier alpha value is -2.15. The molecule has 2 rings (SSSR count). The smallest absolute Gasteiger partial charge is 0.393 e. The molecule has 0 saturated heterocycles. The third-order valence-corrected chi connectivity index (χ3v) is 2.87. The highest BCUT2D eigenvalue weighted by Gasteiger charge is 2.37. The van der Waals surface area contributed by atoms with Gasteiger partial charge >= 0.3 is 6.18 Å². The first-order chi connectivity index (χ1) is 9.82. The SMILES string of the molecule is CN/C=C(\C(=N)C(F)(F)F)c1cnc2ccc(Cl)nc2c1. The number of alkyl halides is 3. The molecule has 110 valence electrons. The van der Waals surface area contributed by atoms with Crippen LogP contribution in [0.4, 0.5) is 13.2 Å². The van der Waals surface area contributed by atoms with Gasteiger partial charge in [0.05, 0.1) is 11.0 Å². The summed E-state index contributed by atoms with van der Waals surface area (Å²) in [5.74, 6) is 0. The summed E-state index contributed by atoms with van der Waals surface area (Å²) in [6.07, 6.45) is -2.38. The lowest BCUT2D eigenvalue weighted by Crippen LogP contribution is -2.24. The molecule has 0 aliphatic carbocycles. The predicted molar refractivity (Wildman–Crippen MR) is 75.4 cm³/mol. The number of hydrogen-bond donors (Lipinski definition) is 2. The lowest BCUT2D eigenvalue weighted by atomic mass is 10.0. The molecular weight excluding hydrogens is 305 g/mol. The average Bonchev–Trinajstić information content (AvgIpc) is 2.42. The molecule has 8 heteroatoms. The van der Waals surface area contributed by atoms with E-state index in [2.05, 4.69) is 15.3 Å². The summed E-state index contributed by atoms with van der Waals surface area (Å²) >= 11 is 5.76. The first kappa shape index (κ1) is 15.2. The van der Waals surface area contributed by atoms with Crippen LogP contribution in [0.5, 0.6) is 0 Å². The molecule has 0 aliphatic rings. The Kier molecular flexibility index (Phi) is 4.13. The van der Waals surface area contributed by atoms with Crippen LogP contribution in [0.2, 0.25) is 5.15 Å².